The fourth-order valence-electron chi connectivity index (χ4n) is 4.03. The Morgan fingerprint density at radius 3 is 1.39 bits per heavy atom. The largest absolute Gasteiger partial charge is 0.310 e. The van der Waals surface area contributed by atoms with Crippen LogP contribution >= 0.6 is 0 Å². The van der Waals surface area contributed by atoms with E-state index in [2.05, 4.69) is 0 Å². The van der Waals surface area contributed by atoms with Crippen molar-refractivity contribution in [2.24, 2.45) is 0 Å². The number of hydrogen-bond donors (Lipinski definition) is 0. The normalized spacial score (nSPS) is 10.9. The third kappa shape index (κ3) is 5.25. The van der Waals surface area contributed by atoms with E-state index < -0.39 is 29.0 Å². The average Bonchev–Trinajstić information content (AvgIpc) is 2.87. The van der Waals surface area contributed by atoms with Gasteiger partial charge in [0.2, 0.25) is 0 Å². The number of amides is 2. The highest BCUT2D eigenvalue weighted by Crippen LogP contribution is 2.11. The molecule has 0 unspecified atom stereocenters. The number of carbonyl (C=O) groups excluding carboxylic acids is 2. The summed E-state index contributed by atoms with van der Waals surface area (Å²) in [5, 5.41) is 0. The summed E-state index contributed by atoms with van der Waals surface area (Å²) < 4.78 is 2.86. The lowest BCUT2D eigenvalue weighted by atomic mass is 10.1. The number of aromatic nitrogens is 2. The number of benzene rings is 2. The summed E-state index contributed by atoms with van der Waals surface area (Å²) in [7, 11) is 0. The molecule has 2 aromatic heterocycles. The first-order valence-corrected chi connectivity index (χ1v) is 11.7. The molecule has 0 bridgehead atoms. The van der Waals surface area contributed by atoms with Crippen molar-refractivity contribution in [2.75, 3.05) is 0 Å². The van der Waals surface area contributed by atoms with E-state index >= 15 is 0 Å². The minimum atomic E-state index is -0.736. The Bertz CT molecular complexity index is 1380. The van der Waals surface area contributed by atoms with Gasteiger partial charge in [-0.15, -0.1) is 0 Å². The maximum atomic E-state index is 13.5. The molecule has 2 aromatic carbocycles. The summed E-state index contributed by atoms with van der Waals surface area (Å²) in [6.07, 6.45) is 3.21. The smallest absolute Gasteiger partial charge is 0.266 e. The maximum Gasteiger partial charge on any atom is 0.266 e. The molecule has 0 radical (unpaired) electrons. The minimum absolute atomic E-state index is 0.129. The highest BCUT2D eigenvalue weighted by molar-refractivity contribution is 6.10. The predicted molar refractivity (Wildman–Crippen MR) is 138 cm³/mol. The molecule has 4 aromatic rings. The van der Waals surface area contributed by atoms with Gasteiger partial charge in [-0.3, -0.25) is 24.1 Å². The van der Waals surface area contributed by atoms with Crippen molar-refractivity contribution in [2.45, 2.75) is 33.0 Å². The Hall–Kier alpha value is -4.52. The van der Waals surface area contributed by atoms with Gasteiger partial charge in [0, 0.05) is 18.4 Å². The third-order valence-corrected chi connectivity index (χ3v) is 5.85. The second-order valence-electron chi connectivity index (χ2n) is 8.76. The second kappa shape index (κ2) is 10.8. The molecule has 36 heavy (non-hydrogen) atoms. The van der Waals surface area contributed by atoms with Crippen LogP contribution in [0.15, 0.2) is 107 Å². The van der Waals surface area contributed by atoms with E-state index in [1.807, 2.05) is 60.7 Å². The Morgan fingerprint density at radius 2 is 1.03 bits per heavy atom. The summed E-state index contributed by atoms with van der Waals surface area (Å²) in [6, 6.07) is 24.3. The van der Waals surface area contributed by atoms with Crippen LogP contribution in [-0.4, -0.2) is 31.9 Å². The second-order valence-corrected chi connectivity index (χ2v) is 8.76. The van der Waals surface area contributed by atoms with Crippen LogP contribution in [0.3, 0.4) is 0 Å². The van der Waals surface area contributed by atoms with Gasteiger partial charge in [0.05, 0.1) is 13.1 Å². The molecule has 7 heteroatoms. The number of nitrogens with zero attached hydrogens (tertiary/aromatic N) is 3. The van der Waals surface area contributed by atoms with Gasteiger partial charge in [0.25, 0.3) is 22.9 Å². The fourth-order valence-corrected chi connectivity index (χ4v) is 4.03. The van der Waals surface area contributed by atoms with Gasteiger partial charge in [-0.05, 0) is 49.2 Å². The molecule has 4 rings (SSSR count). The van der Waals surface area contributed by atoms with Gasteiger partial charge in [-0.1, -0.05) is 60.7 Å². The van der Waals surface area contributed by atoms with Crippen LogP contribution in [0.25, 0.3) is 0 Å². The fraction of sp³-hybridized carbons (Fsp3) is 0.172. The molecule has 2 heterocycles. The molecule has 0 aliphatic rings. The summed E-state index contributed by atoms with van der Waals surface area (Å²) in [5.41, 5.74) is 0.555. The van der Waals surface area contributed by atoms with Crippen LogP contribution in [0.5, 0.6) is 0 Å². The topological polar surface area (TPSA) is 81.4 Å². The van der Waals surface area contributed by atoms with E-state index in [0.717, 1.165) is 16.0 Å². The first kappa shape index (κ1) is 24.6. The van der Waals surface area contributed by atoms with Crippen molar-refractivity contribution in [3.63, 3.8) is 0 Å². The van der Waals surface area contributed by atoms with Crippen LogP contribution in [0.4, 0.5) is 0 Å². The molecule has 0 fully saturated rings. The monoisotopic (exact) mass is 481 g/mol. The lowest BCUT2D eigenvalue weighted by Gasteiger charge is -2.25. The van der Waals surface area contributed by atoms with Crippen molar-refractivity contribution in [1.82, 2.24) is 14.0 Å². The summed E-state index contributed by atoms with van der Waals surface area (Å²) in [4.78, 5) is 54.3. The number of rotatable bonds is 7. The van der Waals surface area contributed by atoms with Crippen LogP contribution in [0.1, 0.15) is 45.7 Å². The Balaban J connectivity index is 1.66. The molecule has 0 aliphatic carbocycles. The van der Waals surface area contributed by atoms with Gasteiger partial charge < -0.3 is 9.13 Å². The van der Waals surface area contributed by atoms with E-state index in [9.17, 15) is 19.2 Å². The summed E-state index contributed by atoms with van der Waals surface area (Å²) in [5.74, 6) is -1.47. The molecule has 0 atom stereocenters. The molecule has 7 nitrogen and oxygen atoms in total. The minimum Gasteiger partial charge on any atom is -0.310 e. The van der Waals surface area contributed by atoms with Crippen LogP contribution in [0, 0.1) is 0 Å². The van der Waals surface area contributed by atoms with E-state index in [0.29, 0.717) is 13.1 Å². The van der Waals surface area contributed by atoms with Crippen LogP contribution in [0.2, 0.25) is 0 Å². The Kier molecular flexibility index (Phi) is 7.39. The van der Waals surface area contributed by atoms with Crippen molar-refractivity contribution in [3.8, 4) is 0 Å². The Morgan fingerprint density at radius 1 is 0.639 bits per heavy atom. The molecular formula is C29H27N3O4. The molecule has 0 spiro atoms. The van der Waals surface area contributed by atoms with Crippen LogP contribution in [-0.2, 0) is 13.1 Å². The molecule has 2 amide bonds. The Labute approximate surface area is 208 Å². The SMILES string of the molecule is CC(C)N(C(=O)c1cccn(Cc2ccccc2)c1=O)C(=O)c1cccn(Cc2ccccc2)c1=O. The standard InChI is InChI=1S/C29H27N3O4/c1-21(2)32(28(35)24-15-9-17-30(26(24)33)19-22-11-5-3-6-12-22)29(36)25-16-10-18-31(27(25)34)20-23-13-7-4-8-14-23/h3-18,21H,19-20H2,1-2H3. The zero-order valence-corrected chi connectivity index (χ0v) is 20.2. The number of hydrogen-bond acceptors (Lipinski definition) is 4. The lowest BCUT2D eigenvalue weighted by molar-refractivity contribution is 0.0566. The highest BCUT2D eigenvalue weighted by atomic mass is 16.2. The van der Waals surface area contributed by atoms with E-state index in [1.54, 1.807) is 38.4 Å². The summed E-state index contributed by atoms with van der Waals surface area (Å²) >= 11 is 0. The van der Waals surface area contributed by atoms with Crippen molar-refractivity contribution < 1.29 is 9.59 Å². The van der Waals surface area contributed by atoms with Gasteiger partial charge in [0.1, 0.15) is 11.1 Å². The number of imide groups is 1. The van der Waals surface area contributed by atoms with E-state index in [-0.39, 0.29) is 11.1 Å². The van der Waals surface area contributed by atoms with Gasteiger partial charge in [-0.2, -0.15) is 0 Å². The van der Waals surface area contributed by atoms with E-state index in [1.165, 1.54) is 21.3 Å². The molecule has 182 valence electrons. The highest BCUT2D eigenvalue weighted by Gasteiger charge is 2.30. The van der Waals surface area contributed by atoms with Gasteiger partial charge >= 0.3 is 0 Å². The van der Waals surface area contributed by atoms with Crippen molar-refractivity contribution in [1.29, 1.82) is 0 Å². The molecular weight excluding hydrogens is 454 g/mol. The molecule has 0 aliphatic heterocycles. The quantitative estimate of drug-likeness (QED) is 0.376. The first-order chi connectivity index (χ1) is 17.4. The van der Waals surface area contributed by atoms with E-state index in [4.69, 9.17) is 0 Å². The van der Waals surface area contributed by atoms with Crippen LogP contribution < -0.4 is 11.1 Å². The molecule has 0 N–H and O–H groups in total. The van der Waals surface area contributed by atoms with Gasteiger partial charge in [-0.25, -0.2) is 0 Å². The average molecular weight is 482 g/mol. The number of carbonyl (C=O) groups is 2. The van der Waals surface area contributed by atoms with Gasteiger partial charge in [0.15, 0.2) is 0 Å². The lowest BCUT2D eigenvalue weighted by Crippen LogP contribution is -2.46. The number of pyridine rings is 2. The zero-order valence-electron chi connectivity index (χ0n) is 20.2. The van der Waals surface area contributed by atoms with Crippen molar-refractivity contribution >= 4 is 11.8 Å². The first-order valence-electron chi connectivity index (χ1n) is 11.7. The maximum absolute atomic E-state index is 13.5. The molecule has 0 saturated carbocycles. The molecule has 0 saturated heterocycles. The van der Waals surface area contributed by atoms with Crippen molar-refractivity contribution in [3.05, 3.63) is 140 Å². The zero-order chi connectivity index (χ0) is 25.7. The third-order valence-electron chi connectivity index (χ3n) is 5.85. The summed E-state index contributed by atoms with van der Waals surface area (Å²) in [6.45, 7) is 3.93. The predicted octanol–water partition coefficient (Wildman–Crippen LogP) is 3.80.